The molecule has 8 nitrogen and oxygen atoms in total. The fourth-order valence-electron chi connectivity index (χ4n) is 2.19. The van der Waals surface area contributed by atoms with Gasteiger partial charge in [-0.15, -0.1) is 5.10 Å². The first-order chi connectivity index (χ1) is 11.3. The Bertz CT molecular complexity index is 790. The van der Waals surface area contributed by atoms with Gasteiger partial charge in [0.25, 0.3) is 0 Å². The molecule has 2 atom stereocenters. The predicted octanol–water partition coefficient (Wildman–Crippen LogP) is 1.36. The van der Waals surface area contributed by atoms with Crippen LogP contribution >= 0.6 is 11.6 Å². The van der Waals surface area contributed by atoms with Gasteiger partial charge in [0.05, 0.1) is 18.1 Å². The number of halogens is 1. The van der Waals surface area contributed by atoms with Gasteiger partial charge < -0.3 is 9.84 Å². The highest BCUT2D eigenvalue weighted by molar-refractivity contribution is 7.89. The molecule has 0 aliphatic rings. The second-order valence-electron chi connectivity index (χ2n) is 5.08. The van der Waals surface area contributed by atoms with Gasteiger partial charge >= 0.3 is 6.01 Å². The van der Waals surface area contributed by atoms with E-state index in [1.807, 2.05) is 6.92 Å². The van der Waals surface area contributed by atoms with E-state index in [2.05, 4.69) is 14.9 Å². The van der Waals surface area contributed by atoms with Crippen molar-refractivity contribution in [1.29, 1.82) is 0 Å². The van der Waals surface area contributed by atoms with Crippen molar-refractivity contribution in [3.63, 3.8) is 0 Å². The lowest BCUT2D eigenvalue weighted by atomic mass is 10.2. The SMILES string of the molecule is CCn1c(OC)nnc1[C@H](NS(=O)(=O)c1ccc(Cl)cc1)[C@H](C)O. The lowest BCUT2D eigenvalue weighted by Crippen LogP contribution is -2.36. The number of methoxy groups -OCH3 is 1. The Morgan fingerprint density at radius 3 is 2.46 bits per heavy atom. The summed E-state index contributed by atoms with van der Waals surface area (Å²) in [6.07, 6.45) is -1.04. The van der Waals surface area contributed by atoms with Crippen LogP contribution in [0.15, 0.2) is 29.2 Å². The first kappa shape index (κ1) is 18.7. The maximum absolute atomic E-state index is 12.6. The number of hydrogen-bond donors (Lipinski definition) is 2. The van der Waals surface area contributed by atoms with Gasteiger partial charge in [-0.1, -0.05) is 16.7 Å². The zero-order valence-electron chi connectivity index (χ0n) is 13.5. The van der Waals surface area contributed by atoms with Gasteiger partial charge in [0, 0.05) is 11.6 Å². The van der Waals surface area contributed by atoms with E-state index in [1.165, 1.54) is 38.3 Å². The number of ether oxygens (including phenoxy) is 1. The van der Waals surface area contributed by atoms with Gasteiger partial charge in [0.2, 0.25) is 10.0 Å². The summed E-state index contributed by atoms with van der Waals surface area (Å²) in [4.78, 5) is 0.0343. The highest BCUT2D eigenvalue weighted by atomic mass is 35.5. The van der Waals surface area contributed by atoms with Crippen molar-refractivity contribution < 1.29 is 18.3 Å². The number of rotatable bonds is 7. The third-order valence-electron chi connectivity index (χ3n) is 3.41. The minimum absolute atomic E-state index is 0.0343. The van der Waals surface area contributed by atoms with Crippen LogP contribution in [0.25, 0.3) is 0 Å². The fraction of sp³-hybridized carbons (Fsp3) is 0.429. The van der Waals surface area contributed by atoms with Gasteiger partial charge in [0.1, 0.15) is 6.04 Å². The van der Waals surface area contributed by atoms with Gasteiger partial charge in [-0.25, -0.2) is 8.42 Å². The third-order valence-corrected chi connectivity index (χ3v) is 5.12. The molecular formula is C14H19ClN4O4S. The molecule has 2 aromatic rings. The van der Waals surface area contributed by atoms with Crippen molar-refractivity contribution in [3.05, 3.63) is 35.1 Å². The van der Waals surface area contributed by atoms with Crippen molar-refractivity contribution in [2.24, 2.45) is 0 Å². The summed E-state index contributed by atoms with van der Waals surface area (Å²) in [6.45, 7) is 3.76. The Labute approximate surface area is 145 Å². The monoisotopic (exact) mass is 374 g/mol. The second-order valence-corrected chi connectivity index (χ2v) is 7.23. The van der Waals surface area contributed by atoms with Gasteiger partial charge in [0.15, 0.2) is 5.82 Å². The van der Waals surface area contributed by atoms with E-state index in [0.29, 0.717) is 11.6 Å². The Morgan fingerprint density at radius 2 is 1.96 bits per heavy atom. The van der Waals surface area contributed by atoms with E-state index in [-0.39, 0.29) is 16.7 Å². The van der Waals surface area contributed by atoms with Crippen molar-refractivity contribution in [3.8, 4) is 6.01 Å². The summed E-state index contributed by atoms with van der Waals surface area (Å²) < 4.78 is 34.2. The van der Waals surface area contributed by atoms with Gasteiger partial charge in [-0.05, 0) is 38.1 Å². The largest absolute Gasteiger partial charge is 0.467 e. The van der Waals surface area contributed by atoms with E-state index in [9.17, 15) is 13.5 Å². The molecule has 0 amide bonds. The molecule has 2 N–H and O–H groups in total. The smallest absolute Gasteiger partial charge is 0.316 e. The highest BCUT2D eigenvalue weighted by Gasteiger charge is 2.30. The van der Waals surface area contributed by atoms with Crippen molar-refractivity contribution in [1.82, 2.24) is 19.5 Å². The summed E-state index contributed by atoms with van der Waals surface area (Å²) in [7, 11) is -2.44. The van der Waals surface area contributed by atoms with E-state index in [0.717, 1.165) is 0 Å². The molecule has 0 bridgehead atoms. The normalized spacial score (nSPS) is 14.4. The maximum atomic E-state index is 12.6. The van der Waals surface area contributed by atoms with Crippen molar-refractivity contribution in [2.75, 3.05) is 7.11 Å². The van der Waals surface area contributed by atoms with E-state index in [1.54, 1.807) is 4.57 Å². The van der Waals surface area contributed by atoms with Crippen LogP contribution < -0.4 is 9.46 Å². The lowest BCUT2D eigenvalue weighted by molar-refractivity contribution is 0.150. The number of aliphatic hydroxyl groups is 1. The number of nitrogens with zero attached hydrogens (tertiary/aromatic N) is 3. The molecule has 0 saturated heterocycles. The number of aliphatic hydroxyl groups excluding tert-OH is 1. The molecule has 132 valence electrons. The van der Waals surface area contributed by atoms with Crippen LogP contribution in [0.5, 0.6) is 6.01 Å². The summed E-state index contributed by atoms with van der Waals surface area (Å²) in [5, 5.41) is 18.3. The van der Waals surface area contributed by atoms with Crippen LogP contribution in [0.3, 0.4) is 0 Å². The predicted molar refractivity (Wildman–Crippen MR) is 88.4 cm³/mol. The number of aromatic nitrogens is 3. The van der Waals surface area contributed by atoms with Crippen LogP contribution in [0.1, 0.15) is 25.7 Å². The summed E-state index contributed by atoms with van der Waals surface area (Å²) in [6, 6.07) is 4.98. The molecule has 0 saturated carbocycles. The van der Waals surface area contributed by atoms with E-state index >= 15 is 0 Å². The zero-order chi connectivity index (χ0) is 17.9. The molecular weight excluding hydrogens is 356 g/mol. The molecule has 1 aromatic carbocycles. The molecule has 0 spiro atoms. The van der Waals surface area contributed by atoms with Crippen molar-refractivity contribution in [2.45, 2.75) is 37.4 Å². The average molecular weight is 375 g/mol. The molecule has 1 aromatic heterocycles. The lowest BCUT2D eigenvalue weighted by Gasteiger charge is -2.21. The maximum Gasteiger partial charge on any atom is 0.316 e. The summed E-state index contributed by atoms with van der Waals surface area (Å²) >= 11 is 5.78. The quantitative estimate of drug-likeness (QED) is 0.757. The standard InChI is InChI=1S/C14H19ClN4O4S/c1-4-19-13(16-17-14(19)23-3)12(9(2)20)18-24(21,22)11-7-5-10(15)6-8-11/h5-9,12,18,20H,4H2,1-3H3/t9-,12+/m0/s1. The summed E-state index contributed by atoms with van der Waals surface area (Å²) in [5.74, 6) is 0.266. The topological polar surface area (TPSA) is 106 Å². The molecule has 0 unspecified atom stereocenters. The van der Waals surface area contributed by atoms with E-state index in [4.69, 9.17) is 16.3 Å². The third kappa shape index (κ3) is 3.86. The zero-order valence-corrected chi connectivity index (χ0v) is 15.0. The molecule has 2 rings (SSSR count). The molecule has 0 aliphatic heterocycles. The second kappa shape index (κ2) is 7.47. The number of sulfonamides is 1. The molecule has 1 heterocycles. The fourth-order valence-corrected chi connectivity index (χ4v) is 3.59. The van der Waals surface area contributed by atoms with Crippen LogP contribution in [0.4, 0.5) is 0 Å². The molecule has 0 radical (unpaired) electrons. The molecule has 0 fully saturated rings. The number of benzene rings is 1. The minimum atomic E-state index is -3.88. The van der Waals surface area contributed by atoms with Gasteiger partial charge in [-0.3, -0.25) is 4.57 Å². The highest BCUT2D eigenvalue weighted by Crippen LogP contribution is 2.23. The number of hydrogen-bond acceptors (Lipinski definition) is 6. The molecule has 10 heteroatoms. The first-order valence-corrected chi connectivity index (χ1v) is 9.09. The number of nitrogens with one attached hydrogen (secondary N) is 1. The van der Waals surface area contributed by atoms with Crippen LogP contribution in [0, 0.1) is 0 Å². The Balaban J connectivity index is 2.39. The first-order valence-electron chi connectivity index (χ1n) is 7.23. The van der Waals surface area contributed by atoms with Crippen LogP contribution in [0.2, 0.25) is 5.02 Å². The Hall–Kier alpha value is -1.68. The molecule has 24 heavy (non-hydrogen) atoms. The van der Waals surface area contributed by atoms with Crippen LogP contribution in [-0.4, -0.2) is 41.5 Å². The minimum Gasteiger partial charge on any atom is -0.467 e. The van der Waals surface area contributed by atoms with E-state index < -0.39 is 22.2 Å². The Morgan fingerprint density at radius 1 is 1.33 bits per heavy atom. The van der Waals surface area contributed by atoms with Crippen molar-refractivity contribution >= 4 is 21.6 Å². The average Bonchev–Trinajstić information content (AvgIpc) is 2.95. The van der Waals surface area contributed by atoms with Crippen LogP contribution in [-0.2, 0) is 16.6 Å². The van der Waals surface area contributed by atoms with Gasteiger partial charge in [-0.2, -0.15) is 4.72 Å². The molecule has 0 aliphatic carbocycles. The summed E-state index contributed by atoms with van der Waals surface area (Å²) in [5.41, 5.74) is 0. The Kier molecular flexibility index (Phi) is 5.81.